The number of hydrogen-bond donors (Lipinski definition) is 2. The molecule has 0 spiro atoms. The number of aliphatic hydroxyl groups excluding tert-OH is 1. The largest absolute Gasteiger partial charge is 0.396 e. The van der Waals surface area contributed by atoms with Gasteiger partial charge < -0.3 is 10.4 Å². The van der Waals surface area contributed by atoms with Crippen molar-refractivity contribution >= 4 is 0 Å². The lowest BCUT2D eigenvalue weighted by Gasteiger charge is -2.13. The van der Waals surface area contributed by atoms with Gasteiger partial charge >= 0.3 is 0 Å². The normalized spacial score (nSPS) is 18.6. The lowest BCUT2D eigenvalue weighted by Crippen LogP contribution is -2.26. The summed E-state index contributed by atoms with van der Waals surface area (Å²) in [4.78, 5) is 0. The Morgan fingerprint density at radius 3 is 2.44 bits per heavy atom. The van der Waals surface area contributed by atoms with E-state index in [4.69, 9.17) is 0 Å². The van der Waals surface area contributed by atoms with Gasteiger partial charge in [0.1, 0.15) is 0 Å². The second kappa shape index (κ2) is 5.85. The first-order chi connectivity index (χ1) is 8.69. The summed E-state index contributed by atoms with van der Waals surface area (Å²) in [6, 6.07) is 8.91. The van der Waals surface area contributed by atoms with E-state index >= 15 is 0 Å². The van der Waals surface area contributed by atoms with Crippen molar-refractivity contribution in [3.8, 4) is 0 Å². The molecular weight excluding hydrogens is 222 g/mol. The molecule has 1 saturated carbocycles. The van der Waals surface area contributed by atoms with Gasteiger partial charge in [-0.25, -0.2) is 0 Å². The van der Waals surface area contributed by atoms with Crippen LogP contribution in [0.2, 0.25) is 0 Å². The summed E-state index contributed by atoms with van der Waals surface area (Å²) in [6.45, 7) is 6.67. The summed E-state index contributed by atoms with van der Waals surface area (Å²) < 4.78 is 0. The number of hydrogen-bond acceptors (Lipinski definition) is 2. The van der Waals surface area contributed by atoms with Crippen LogP contribution in [0, 0.1) is 5.41 Å². The highest BCUT2D eigenvalue weighted by Crippen LogP contribution is 2.44. The molecule has 1 atom stereocenters. The highest BCUT2D eigenvalue weighted by atomic mass is 16.3. The Labute approximate surface area is 110 Å². The van der Waals surface area contributed by atoms with Crippen molar-refractivity contribution in [2.75, 3.05) is 13.2 Å². The van der Waals surface area contributed by atoms with Gasteiger partial charge in [0.05, 0.1) is 0 Å². The summed E-state index contributed by atoms with van der Waals surface area (Å²) in [5.74, 6) is 0.649. The molecule has 1 aliphatic carbocycles. The molecule has 0 aliphatic heterocycles. The Bertz CT molecular complexity index is 367. The minimum Gasteiger partial charge on any atom is -0.396 e. The summed E-state index contributed by atoms with van der Waals surface area (Å²) in [7, 11) is 0. The van der Waals surface area contributed by atoms with Crippen LogP contribution in [0.5, 0.6) is 0 Å². The van der Waals surface area contributed by atoms with Gasteiger partial charge in [-0.1, -0.05) is 38.1 Å². The van der Waals surface area contributed by atoms with Gasteiger partial charge in [0.15, 0.2) is 0 Å². The first-order valence-corrected chi connectivity index (χ1v) is 7.09. The van der Waals surface area contributed by atoms with Gasteiger partial charge in [0.2, 0.25) is 0 Å². The van der Waals surface area contributed by atoms with E-state index in [1.165, 1.54) is 30.4 Å². The van der Waals surface area contributed by atoms with Gasteiger partial charge in [-0.05, 0) is 36.3 Å². The maximum Gasteiger partial charge on any atom is 0.0499 e. The molecule has 1 fully saturated rings. The fourth-order valence-electron chi connectivity index (χ4n) is 2.24. The van der Waals surface area contributed by atoms with E-state index < -0.39 is 0 Å². The van der Waals surface area contributed by atoms with E-state index in [9.17, 15) is 5.11 Å². The Kier molecular flexibility index (Phi) is 4.41. The smallest absolute Gasteiger partial charge is 0.0499 e. The molecule has 1 aromatic carbocycles. The monoisotopic (exact) mass is 247 g/mol. The Morgan fingerprint density at radius 1 is 1.28 bits per heavy atom. The third-order valence-corrected chi connectivity index (χ3v) is 4.28. The standard InChI is InChI=1S/C16H25NO/c1-3-13(2)15-6-4-14(5-7-15)10-17-11-16(12-18)8-9-16/h4-7,13,17-18H,3,8-12H2,1-2H3. The molecule has 2 rings (SSSR count). The zero-order valence-electron chi connectivity index (χ0n) is 11.6. The molecule has 0 saturated heterocycles. The van der Waals surface area contributed by atoms with E-state index in [-0.39, 0.29) is 5.41 Å². The average Bonchev–Trinajstić information content (AvgIpc) is 3.19. The maximum atomic E-state index is 9.24. The number of rotatable bonds is 7. The van der Waals surface area contributed by atoms with Crippen molar-refractivity contribution in [2.24, 2.45) is 5.41 Å². The maximum absolute atomic E-state index is 9.24. The first kappa shape index (κ1) is 13.6. The zero-order chi connectivity index (χ0) is 13.0. The minimum absolute atomic E-state index is 0.205. The molecular formula is C16H25NO. The van der Waals surface area contributed by atoms with Gasteiger partial charge in [-0.15, -0.1) is 0 Å². The highest BCUT2D eigenvalue weighted by Gasteiger charge is 2.41. The molecule has 0 aromatic heterocycles. The first-order valence-electron chi connectivity index (χ1n) is 7.09. The Hall–Kier alpha value is -0.860. The van der Waals surface area contributed by atoms with Gasteiger partial charge in [0.25, 0.3) is 0 Å². The third kappa shape index (κ3) is 3.33. The lowest BCUT2D eigenvalue weighted by molar-refractivity contribution is 0.207. The second-order valence-electron chi connectivity index (χ2n) is 5.81. The molecule has 2 nitrogen and oxygen atoms in total. The van der Waals surface area contributed by atoms with Crippen molar-refractivity contribution in [2.45, 2.75) is 45.6 Å². The summed E-state index contributed by atoms with van der Waals surface area (Å²) >= 11 is 0. The number of benzene rings is 1. The summed E-state index contributed by atoms with van der Waals surface area (Å²) in [6.07, 6.45) is 3.53. The Morgan fingerprint density at radius 2 is 1.94 bits per heavy atom. The van der Waals surface area contributed by atoms with Crippen LogP contribution < -0.4 is 5.32 Å². The topological polar surface area (TPSA) is 32.3 Å². The van der Waals surface area contributed by atoms with E-state index in [2.05, 4.69) is 43.4 Å². The molecule has 1 aliphatic rings. The molecule has 0 bridgehead atoms. The molecule has 1 aromatic rings. The predicted octanol–water partition coefficient (Wildman–Crippen LogP) is 3.06. The van der Waals surface area contributed by atoms with E-state index in [0.717, 1.165) is 13.1 Å². The van der Waals surface area contributed by atoms with Crippen LogP contribution in [0.4, 0.5) is 0 Å². The quantitative estimate of drug-likeness (QED) is 0.776. The van der Waals surface area contributed by atoms with Crippen molar-refractivity contribution < 1.29 is 5.11 Å². The molecule has 0 radical (unpaired) electrons. The van der Waals surface area contributed by atoms with Crippen LogP contribution >= 0.6 is 0 Å². The molecule has 0 amide bonds. The van der Waals surface area contributed by atoms with Crippen molar-refractivity contribution in [3.05, 3.63) is 35.4 Å². The summed E-state index contributed by atoms with van der Waals surface area (Å²) in [5, 5.41) is 12.7. The SMILES string of the molecule is CCC(C)c1ccc(CNCC2(CO)CC2)cc1. The van der Waals surface area contributed by atoms with Crippen LogP contribution in [-0.2, 0) is 6.54 Å². The average molecular weight is 247 g/mol. The van der Waals surface area contributed by atoms with Crippen LogP contribution in [0.1, 0.15) is 50.2 Å². The lowest BCUT2D eigenvalue weighted by atomic mass is 9.97. The minimum atomic E-state index is 0.205. The van der Waals surface area contributed by atoms with Crippen LogP contribution in [-0.4, -0.2) is 18.3 Å². The molecule has 18 heavy (non-hydrogen) atoms. The Balaban J connectivity index is 1.79. The van der Waals surface area contributed by atoms with Crippen LogP contribution in [0.3, 0.4) is 0 Å². The third-order valence-electron chi connectivity index (χ3n) is 4.28. The number of aliphatic hydroxyl groups is 1. The van der Waals surface area contributed by atoms with Gasteiger partial charge in [-0.2, -0.15) is 0 Å². The molecule has 100 valence electrons. The van der Waals surface area contributed by atoms with Crippen LogP contribution in [0.25, 0.3) is 0 Å². The second-order valence-corrected chi connectivity index (χ2v) is 5.81. The van der Waals surface area contributed by atoms with Gasteiger partial charge in [0, 0.05) is 25.1 Å². The molecule has 2 heteroatoms. The van der Waals surface area contributed by atoms with Crippen molar-refractivity contribution in [1.29, 1.82) is 0 Å². The molecule has 0 heterocycles. The van der Waals surface area contributed by atoms with E-state index in [1.54, 1.807) is 0 Å². The predicted molar refractivity (Wildman–Crippen MR) is 75.6 cm³/mol. The van der Waals surface area contributed by atoms with Crippen LogP contribution in [0.15, 0.2) is 24.3 Å². The van der Waals surface area contributed by atoms with E-state index in [1.807, 2.05) is 0 Å². The van der Waals surface area contributed by atoms with Crippen molar-refractivity contribution in [1.82, 2.24) is 5.32 Å². The van der Waals surface area contributed by atoms with Gasteiger partial charge in [-0.3, -0.25) is 0 Å². The van der Waals surface area contributed by atoms with Crippen molar-refractivity contribution in [3.63, 3.8) is 0 Å². The molecule has 1 unspecified atom stereocenters. The summed E-state index contributed by atoms with van der Waals surface area (Å²) in [5.41, 5.74) is 2.96. The number of nitrogens with one attached hydrogen (secondary N) is 1. The highest BCUT2D eigenvalue weighted by molar-refractivity contribution is 5.24. The fourth-order valence-corrected chi connectivity index (χ4v) is 2.24. The fraction of sp³-hybridized carbons (Fsp3) is 0.625. The zero-order valence-corrected chi connectivity index (χ0v) is 11.6. The van der Waals surface area contributed by atoms with E-state index in [0.29, 0.717) is 12.5 Å². The molecule has 2 N–H and O–H groups in total.